The second kappa shape index (κ2) is 6.62. The predicted octanol–water partition coefficient (Wildman–Crippen LogP) is 4.76. The minimum atomic E-state index is 0.399. The standard InChI is InChI=1S/C14H16ClNS2/c1-10-7-11(8-17-10)14(16-2)9-18-13-5-3-12(15)4-6-13/h3-8,14,16H,9H2,1-2H3. The molecule has 1 nitrogen and oxygen atoms in total. The van der Waals surface area contributed by atoms with Crippen LogP contribution in [0.1, 0.15) is 16.5 Å². The van der Waals surface area contributed by atoms with Crippen LogP contribution in [0.2, 0.25) is 5.02 Å². The zero-order chi connectivity index (χ0) is 13.0. The summed E-state index contributed by atoms with van der Waals surface area (Å²) in [7, 11) is 2.01. The van der Waals surface area contributed by atoms with Crippen LogP contribution in [-0.4, -0.2) is 12.8 Å². The van der Waals surface area contributed by atoms with Gasteiger partial charge in [-0.05, 0) is 55.2 Å². The molecule has 0 spiro atoms. The lowest BCUT2D eigenvalue weighted by molar-refractivity contribution is 0.664. The number of rotatable bonds is 5. The van der Waals surface area contributed by atoms with Gasteiger partial charge in [0.2, 0.25) is 0 Å². The molecule has 18 heavy (non-hydrogen) atoms. The molecule has 1 atom stereocenters. The summed E-state index contributed by atoms with van der Waals surface area (Å²) in [5.74, 6) is 1.02. The Morgan fingerprint density at radius 3 is 2.61 bits per heavy atom. The first-order valence-corrected chi connectivity index (χ1v) is 8.04. The molecule has 0 aliphatic carbocycles. The van der Waals surface area contributed by atoms with Crippen LogP contribution in [0.4, 0.5) is 0 Å². The van der Waals surface area contributed by atoms with Crippen LogP contribution in [0.3, 0.4) is 0 Å². The zero-order valence-electron chi connectivity index (χ0n) is 10.4. The fourth-order valence-corrected chi connectivity index (χ4v) is 3.63. The SMILES string of the molecule is CNC(CSc1ccc(Cl)cc1)c1csc(C)c1. The fraction of sp³-hybridized carbons (Fsp3) is 0.286. The summed E-state index contributed by atoms with van der Waals surface area (Å²) in [5, 5.41) is 6.40. The highest BCUT2D eigenvalue weighted by Gasteiger charge is 2.11. The number of hydrogen-bond donors (Lipinski definition) is 1. The van der Waals surface area contributed by atoms with Gasteiger partial charge in [0.25, 0.3) is 0 Å². The van der Waals surface area contributed by atoms with Crippen molar-refractivity contribution in [3.05, 3.63) is 51.2 Å². The van der Waals surface area contributed by atoms with Gasteiger partial charge in [0.1, 0.15) is 0 Å². The van der Waals surface area contributed by atoms with Crippen LogP contribution in [0, 0.1) is 6.92 Å². The van der Waals surface area contributed by atoms with E-state index in [1.54, 1.807) is 11.3 Å². The van der Waals surface area contributed by atoms with Crippen molar-refractivity contribution in [3.63, 3.8) is 0 Å². The monoisotopic (exact) mass is 297 g/mol. The van der Waals surface area contributed by atoms with Gasteiger partial charge in [-0.15, -0.1) is 23.1 Å². The molecule has 1 heterocycles. The van der Waals surface area contributed by atoms with E-state index in [1.165, 1.54) is 15.3 Å². The van der Waals surface area contributed by atoms with Crippen molar-refractivity contribution in [2.24, 2.45) is 0 Å². The van der Waals surface area contributed by atoms with E-state index in [0.29, 0.717) is 6.04 Å². The van der Waals surface area contributed by atoms with Crippen LogP contribution >= 0.6 is 34.7 Å². The smallest absolute Gasteiger partial charge is 0.0421 e. The Hall–Kier alpha value is -0.480. The molecular weight excluding hydrogens is 282 g/mol. The van der Waals surface area contributed by atoms with Gasteiger partial charge in [0.15, 0.2) is 0 Å². The summed E-state index contributed by atoms with van der Waals surface area (Å²) in [6.07, 6.45) is 0. The number of thioether (sulfide) groups is 1. The summed E-state index contributed by atoms with van der Waals surface area (Å²) in [5.41, 5.74) is 1.38. The average molecular weight is 298 g/mol. The third-order valence-corrected chi connectivity index (χ3v) is 4.97. The second-order valence-electron chi connectivity index (χ2n) is 4.10. The summed E-state index contributed by atoms with van der Waals surface area (Å²) in [4.78, 5) is 2.62. The Kier molecular flexibility index (Phi) is 5.13. The first kappa shape index (κ1) is 13.9. The van der Waals surface area contributed by atoms with Gasteiger partial charge in [0, 0.05) is 26.6 Å². The van der Waals surface area contributed by atoms with Crippen molar-refractivity contribution in [1.29, 1.82) is 0 Å². The Morgan fingerprint density at radius 2 is 2.06 bits per heavy atom. The van der Waals surface area contributed by atoms with Crippen LogP contribution in [0.25, 0.3) is 0 Å². The van der Waals surface area contributed by atoms with Gasteiger partial charge in [0.05, 0.1) is 0 Å². The topological polar surface area (TPSA) is 12.0 Å². The molecule has 96 valence electrons. The first-order valence-electron chi connectivity index (χ1n) is 5.79. The summed E-state index contributed by atoms with van der Waals surface area (Å²) in [6, 6.07) is 10.7. The Balaban J connectivity index is 1.97. The molecule has 0 amide bonds. The minimum Gasteiger partial charge on any atom is -0.312 e. The lowest BCUT2D eigenvalue weighted by Gasteiger charge is -2.14. The van der Waals surface area contributed by atoms with E-state index in [1.807, 2.05) is 30.9 Å². The molecule has 0 saturated heterocycles. The Labute approximate surface area is 122 Å². The normalized spacial score (nSPS) is 12.6. The minimum absolute atomic E-state index is 0.399. The third kappa shape index (κ3) is 3.75. The lowest BCUT2D eigenvalue weighted by atomic mass is 10.2. The van der Waals surface area contributed by atoms with Gasteiger partial charge in [-0.25, -0.2) is 0 Å². The number of aryl methyl sites for hydroxylation is 1. The summed E-state index contributed by atoms with van der Waals surface area (Å²) >= 11 is 9.53. The highest BCUT2D eigenvalue weighted by atomic mass is 35.5. The molecular formula is C14H16ClNS2. The third-order valence-electron chi connectivity index (χ3n) is 2.73. The Morgan fingerprint density at radius 1 is 1.33 bits per heavy atom. The molecule has 0 radical (unpaired) electrons. The van der Waals surface area contributed by atoms with Gasteiger partial charge in [-0.1, -0.05) is 11.6 Å². The molecule has 1 aromatic carbocycles. The highest BCUT2D eigenvalue weighted by molar-refractivity contribution is 7.99. The predicted molar refractivity (Wildman–Crippen MR) is 83.0 cm³/mol. The largest absolute Gasteiger partial charge is 0.312 e. The van der Waals surface area contributed by atoms with E-state index in [9.17, 15) is 0 Å². The van der Waals surface area contributed by atoms with Crippen LogP contribution in [0.5, 0.6) is 0 Å². The van der Waals surface area contributed by atoms with Gasteiger partial charge in [-0.3, -0.25) is 0 Å². The summed E-state index contributed by atoms with van der Waals surface area (Å²) < 4.78 is 0. The maximum absolute atomic E-state index is 5.88. The molecule has 1 N–H and O–H groups in total. The van der Waals surface area contributed by atoms with E-state index in [-0.39, 0.29) is 0 Å². The molecule has 2 rings (SSSR count). The highest BCUT2D eigenvalue weighted by Crippen LogP contribution is 2.27. The van der Waals surface area contributed by atoms with E-state index >= 15 is 0 Å². The maximum atomic E-state index is 5.88. The van der Waals surface area contributed by atoms with Crippen LogP contribution < -0.4 is 5.32 Å². The molecule has 1 unspecified atom stereocenters. The van der Waals surface area contributed by atoms with Gasteiger partial charge >= 0.3 is 0 Å². The number of hydrogen-bond acceptors (Lipinski definition) is 3. The van der Waals surface area contributed by atoms with Crippen LogP contribution in [0.15, 0.2) is 40.6 Å². The lowest BCUT2D eigenvalue weighted by Crippen LogP contribution is -2.17. The quantitative estimate of drug-likeness (QED) is 0.798. The molecule has 0 aliphatic heterocycles. The average Bonchev–Trinajstić information content (AvgIpc) is 2.79. The fourth-order valence-electron chi connectivity index (χ4n) is 1.70. The summed E-state index contributed by atoms with van der Waals surface area (Å²) in [6.45, 7) is 2.15. The van der Waals surface area contributed by atoms with Crippen molar-refractivity contribution in [1.82, 2.24) is 5.32 Å². The molecule has 0 saturated carbocycles. The molecule has 1 aromatic heterocycles. The number of thiophene rings is 1. The van der Waals surface area contributed by atoms with Crippen molar-refractivity contribution >= 4 is 34.7 Å². The second-order valence-corrected chi connectivity index (χ2v) is 6.74. The van der Waals surface area contributed by atoms with Crippen molar-refractivity contribution in [2.75, 3.05) is 12.8 Å². The van der Waals surface area contributed by atoms with E-state index in [4.69, 9.17) is 11.6 Å². The van der Waals surface area contributed by atoms with Gasteiger partial charge in [-0.2, -0.15) is 0 Å². The van der Waals surface area contributed by atoms with E-state index < -0.39 is 0 Å². The molecule has 4 heteroatoms. The van der Waals surface area contributed by atoms with Gasteiger partial charge < -0.3 is 5.32 Å². The van der Waals surface area contributed by atoms with Crippen molar-refractivity contribution in [2.45, 2.75) is 17.9 Å². The number of nitrogens with one attached hydrogen (secondary N) is 1. The van der Waals surface area contributed by atoms with Crippen molar-refractivity contribution in [3.8, 4) is 0 Å². The molecule has 0 bridgehead atoms. The number of benzene rings is 1. The molecule has 0 aliphatic rings. The number of halogens is 1. The zero-order valence-corrected chi connectivity index (χ0v) is 12.8. The maximum Gasteiger partial charge on any atom is 0.0421 e. The van der Waals surface area contributed by atoms with E-state index in [0.717, 1.165) is 10.8 Å². The Bertz CT molecular complexity index is 493. The molecule has 0 fully saturated rings. The first-order chi connectivity index (χ1) is 8.69. The van der Waals surface area contributed by atoms with Crippen LogP contribution in [-0.2, 0) is 0 Å². The van der Waals surface area contributed by atoms with Crippen molar-refractivity contribution < 1.29 is 0 Å². The van der Waals surface area contributed by atoms with E-state index in [2.05, 4.69) is 35.8 Å². The molecule has 2 aromatic rings.